The van der Waals surface area contributed by atoms with Gasteiger partial charge in [0, 0.05) is 17.1 Å². The van der Waals surface area contributed by atoms with Crippen molar-refractivity contribution in [3.05, 3.63) is 58.6 Å². The molecule has 0 atom stereocenters. The van der Waals surface area contributed by atoms with Crippen LogP contribution in [0.25, 0.3) is 0 Å². The predicted octanol–water partition coefficient (Wildman–Crippen LogP) is 2.69. The lowest BCUT2D eigenvalue weighted by atomic mass is 10.1. The molecule has 0 fully saturated rings. The molecule has 98 valence electrons. The highest BCUT2D eigenvalue weighted by Crippen LogP contribution is 2.29. The molecule has 19 heavy (non-hydrogen) atoms. The van der Waals surface area contributed by atoms with Gasteiger partial charge in [-0.05, 0) is 30.3 Å². The minimum Gasteiger partial charge on any atom is -0.456 e. The molecule has 4 N–H and O–H groups in total. The van der Waals surface area contributed by atoms with Crippen LogP contribution in [0.4, 0.5) is 0 Å². The van der Waals surface area contributed by atoms with Gasteiger partial charge in [-0.1, -0.05) is 23.7 Å². The first kappa shape index (κ1) is 13.4. The molecule has 1 amide bonds. The number of para-hydroxylation sites is 1. The highest BCUT2D eigenvalue weighted by atomic mass is 35.5. The van der Waals surface area contributed by atoms with Crippen LogP contribution in [0.3, 0.4) is 0 Å². The number of benzene rings is 2. The Morgan fingerprint density at radius 3 is 2.58 bits per heavy atom. The summed E-state index contributed by atoms with van der Waals surface area (Å²) < 4.78 is 5.71. The first-order chi connectivity index (χ1) is 9.11. The van der Waals surface area contributed by atoms with Crippen LogP contribution in [0.15, 0.2) is 42.5 Å². The molecule has 0 aliphatic rings. The molecule has 4 nitrogen and oxygen atoms in total. The highest BCUT2D eigenvalue weighted by Gasteiger charge is 2.11. The Labute approximate surface area is 115 Å². The summed E-state index contributed by atoms with van der Waals surface area (Å²) in [6, 6.07) is 11.9. The minimum absolute atomic E-state index is 0.286. The van der Waals surface area contributed by atoms with Crippen molar-refractivity contribution in [3.8, 4) is 11.5 Å². The third kappa shape index (κ3) is 3.05. The first-order valence-corrected chi connectivity index (χ1v) is 6.05. The van der Waals surface area contributed by atoms with Crippen LogP contribution in [0.2, 0.25) is 5.02 Å². The molecule has 0 spiro atoms. The van der Waals surface area contributed by atoms with E-state index in [-0.39, 0.29) is 6.54 Å². The molecule has 0 saturated carbocycles. The van der Waals surface area contributed by atoms with Gasteiger partial charge in [-0.15, -0.1) is 0 Å². The summed E-state index contributed by atoms with van der Waals surface area (Å²) in [6.45, 7) is 0.286. The molecule has 0 aromatic heterocycles. The topological polar surface area (TPSA) is 78.3 Å². The van der Waals surface area contributed by atoms with Crippen molar-refractivity contribution in [3.63, 3.8) is 0 Å². The van der Waals surface area contributed by atoms with Crippen LogP contribution in [0.1, 0.15) is 15.9 Å². The van der Waals surface area contributed by atoms with Gasteiger partial charge in [-0.25, -0.2) is 0 Å². The van der Waals surface area contributed by atoms with Gasteiger partial charge < -0.3 is 16.2 Å². The Hall–Kier alpha value is -2.04. The SMILES string of the molecule is NCc1cc(Cl)ccc1Oc1ccccc1C(N)=O. The van der Waals surface area contributed by atoms with Crippen LogP contribution in [-0.4, -0.2) is 5.91 Å². The Morgan fingerprint density at radius 2 is 1.89 bits per heavy atom. The van der Waals surface area contributed by atoms with Crippen molar-refractivity contribution in [1.82, 2.24) is 0 Å². The minimum atomic E-state index is -0.543. The lowest BCUT2D eigenvalue weighted by molar-refractivity contribution is 0.0998. The zero-order valence-electron chi connectivity index (χ0n) is 10.1. The van der Waals surface area contributed by atoms with Crippen LogP contribution >= 0.6 is 11.6 Å². The fourth-order valence-corrected chi connectivity index (χ4v) is 1.88. The van der Waals surface area contributed by atoms with E-state index in [0.29, 0.717) is 22.1 Å². The molecule has 2 aromatic carbocycles. The summed E-state index contributed by atoms with van der Waals surface area (Å²) in [6.07, 6.45) is 0. The number of ether oxygens (including phenoxy) is 1. The molecule has 0 bridgehead atoms. The Bertz CT molecular complexity index is 614. The second-order valence-corrected chi connectivity index (χ2v) is 4.36. The fourth-order valence-electron chi connectivity index (χ4n) is 1.68. The average molecular weight is 277 g/mol. The van der Waals surface area contributed by atoms with Gasteiger partial charge in [0.05, 0.1) is 5.56 Å². The second kappa shape index (κ2) is 5.73. The van der Waals surface area contributed by atoms with E-state index in [0.717, 1.165) is 5.56 Å². The Morgan fingerprint density at radius 1 is 1.16 bits per heavy atom. The molecular weight excluding hydrogens is 264 g/mol. The first-order valence-electron chi connectivity index (χ1n) is 5.67. The van der Waals surface area contributed by atoms with Gasteiger partial charge >= 0.3 is 0 Å². The van der Waals surface area contributed by atoms with Crippen LogP contribution in [0.5, 0.6) is 11.5 Å². The van der Waals surface area contributed by atoms with Crippen molar-refractivity contribution in [2.45, 2.75) is 6.54 Å². The van der Waals surface area contributed by atoms with Gasteiger partial charge in [-0.2, -0.15) is 0 Å². The zero-order chi connectivity index (χ0) is 13.8. The van der Waals surface area contributed by atoms with Crippen molar-refractivity contribution in [2.24, 2.45) is 11.5 Å². The summed E-state index contributed by atoms with van der Waals surface area (Å²) in [4.78, 5) is 11.3. The van der Waals surface area contributed by atoms with E-state index in [9.17, 15) is 4.79 Å². The maximum atomic E-state index is 11.3. The maximum absolute atomic E-state index is 11.3. The standard InChI is InChI=1S/C14H13ClN2O2/c15-10-5-6-12(9(7-10)8-16)19-13-4-2-1-3-11(13)14(17)18/h1-7H,8,16H2,(H2,17,18). The van der Waals surface area contributed by atoms with Gasteiger partial charge in [0.2, 0.25) is 0 Å². The molecule has 2 rings (SSSR count). The van der Waals surface area contributed by atoms with E-state index in [1.54, 1.807) is 42.5 Å². The van der Waals surface area contributed by atoms with E-state index in [1.807, 2.05) is 0 Å². The lowest BCUT2D eigenvalue weighted by Crippen LogP contribution is -2.12. The van der Waals surface area contributed by atoms with Crippen molar-refractivity contribution in [2.75, 3.05) is 0 Å². The Kier molecular flexibility index (Phi) is 4.04. The zero-order valence-corrected chi connectivity index (χ0v) is 10.9. The molecule has 0 unspecified atom stereocenters. The fraction of sp³-hybridized carbons (Fsp3) is 0.0714. The van der Waals surface area contributed by atoms with Crippen LogP contribution < -0.4 is 16.2 Å². The number of carbonyl (C=O) groups excluding carboxylic acids is 1. The van der Waals surface area contributed by atoms with Crippen LogP contribution in [-0.2, 0) is 6.54 Å². The third-order valence-electron chi connectivity index (χ3n) is 2.61. The number of primary amides is 1. The molecule has 2 aromatic rings. The smallest absolute Gasteiger partial charge is 0.252 e. The predicted molar refractivity (Wildman–Crippen MR) is 74.4 cm³/mol. The number of halogens is 1. The lowest BCUT2D eigenvalue weighted by Gasteiger charge is -2.12. The van der Waals surface area contributed by atoms with E-state index in [1.165, 1.54) is 0 Å². The largest absolute Gasteiger partial charge is 0.456 e. The number of amides is 1. The maximum Gasteiger partial charge on any atom is 0.252 e. The Balaban J connectivity index is 2.39. The van der Waals surface area contributed by atoms with Crippen LogP contribution in [0, 0.1) is 0 Å². The van der Waals surface area contributed by atoms with Gasteiger partial charge in [0.15, 0.2) is 0 Å². The molecule has 0 aliphatic heterocycles. The van der Waals surface area contributed by atoms with Crippen molar-refractivity contribution < 1.29 is 9.53 Å². The summed E-state index contributed by atoms with van der Waals surface area (Å²) >= 11 is 5.90. The van der Waals surface area contributed by atoms with E-state index < -0.39 is 5.91 Å². The van der Waals surface area contributed by atoms with Crippen molar-refractivity contribution in [1.29, 1.82) is 0 Å². The number of hydrogen-bond donors (Lipinski definition) is 2. The molecule has 0 heterocycles. The molecular formula is C14H13ClN2O2. The number of rotatable bonds is 4. The monoisotopic (exact) mass is 276 g/mol. The van der Waals surface area contributed by atoms with E-state index in [2.05, 4.69) is 0 Å². The second-order valence-electron chi connectivity index (χ2n) is 3.92. The molecule has 5 heteroatoms. The summed E-state index contributed by atoms with van der Waals surface area (Å²) in [7, 11) is 0. The molecule has 0 radical (unpaired) electrons. The molecule has 0 saturated heterocycles. The summed E-state index contributed by atoms with van der Waals surface area (Å²) in [5, 5.41) is 0.580. The van der Waals surface area contributed by atoms with Gasteiger partial charge in [0.1, 0.15) is 11.5 Å². The number of hydrogen-bond acceptors (Lipinski definition) is 3. The van der Waals surface area contributed by atoms with E-state index >= 15 is 0 Å². The van der Waals surface area contributed by atoms with Crippen molar-refractivity contribution >= 4 is 17.5 Å². The quantitative estimate of drug-likeness (QED) is 0.901. The number of carbonyl (C=O) groups is 1. The summed E-state index contributed by atoms with van der Waals surface area (Å²) in [5.74, 6) is 0.409. The number of nitrogens with two attached hydrogens (primary N) is 2. The summed E-state index contributed by atoms with van der Waals surface area (Å²) in [5.41, 5.74) is 12.0. The molecule has 0 aliphatic carbocycles. The highest BCUT2D eigenvalue weighted by molar-refractivity contribution is 6.30. The third-order valence-corrected chi connectivity index (χ3v) is 2.85. The average Bonchev–Trinajstić information content (AvgIpc) is 2.41. The normalized spacial score (nSPS) is 10.2. The van der Waals surface area contributed by atoms with E-state index in [4.69, 9.17) is 27.8 Å². The van der Waals surface area contributed by atoms with Gasteiger partial charge in [-0.3, -0.25) is 4.79 Å². The van der Waals surface area contributed by atoms with Gasteiger partial charge in [0.25, 0.3) is 5.91 Å².